The van der Waals surface area contributed by atoms with Gasteiger partial charge in [-0.25, -0.2) is 55.1 Å². The van der Waals surface area contributed by atoms with Crippen LogP contribution in [0.5, 0.6) is 34.5 Å². The molecule has 778 valence electrons. The van der Waals surface area contributed by atoms with E-state index in [0.717, 1.165) is 59.1 Å². The van der Waals surface area contributed by atoms with Gasteiger partial charge in [0, 0.05) is 56.3 Å². The van der Waals surface area contributed by atoms with E-state index in [1.807, 2.05) is 221 Å². The van der Waals surface area contributed by atoms with Crippen molar-refractivity contribution in [2.24, 2.45) is 10.8 Å². The first-order chi connectivity index (χ1) is 73.0. The third kappa shape index (κ3) is 27.5. The molecule has 0 bridgehead atoms. The summed E-state index contributed by atoms with van der Waals surface area (Å²) in [5.74, 6) is -13.5. The van der Waals surface area contributed by atoms with Gasteiger partial charge in [-0.1, -0.05) is 177 Å². The number of halogens is 6. The van der Waals surface area contributed by atoms with Gasteiger partial charge in [-0.3, -0.25) is 0 Å². The summed E-state index contributed by atoms with van der Waals surface area (Å²) in [6.45, 7) is 6.52. The molecule has 0 spiro atoms. The number of nitrogens with zero attached hydrogens (tertiary/aromatic N) is 8. The average Bonchev–Trinajstić information content (AvgIpc) is 1.56. The van der Waals surface area contributed by atoms with E-state index in [-0.39, 0.29) is 106 Å². The topological polar surface area (TPSA) is 281 Å². The molecule has 0 amide bonds. The van der Waals surface area contributed by atoms with Gasteiger partial charge in [-0.05, 0) is 232 Å². The first kappa shape index (κ1) is 108. The molecule has 0 aliphatic heterocycles. The number of para-hydroxylation sites is 4. The molecule has 2 aromatic heterocycles. The Kier molecular flexibility index (Phi) is 37.5. The van der Waals surface area contributed by atoms with Gasteiger partial charge < -0.3 is 66.6 Å². The molecule has 0 atom stereocenters. The van der Waals surface area contributed by atoms with Crippen LogP contribution in [0.3, 0.4) is 0 Å². The summed E-state index contributed by atoms with van der Waals surface area (Å²) >= 11 is 0. The van der Waals surface area contributed by atoms with Gasteiger partial charge in [0.05, 0.1) is 85.0 Å². The minimum Gasteiger partial charge on any atom is -0.490 e. The Morgan fingerprint density at radius 2 is 0.527 bits per heavy atom. The molecule has 13 aromatic carbocycles. The lowest BCUT2D eigenvalue weighted by atomic mass is 9.90. The molecule has 2 heterocycles. The summed E-state index contributed by atoms with van der Waals surface area (Å²) in [5.41, 5.74) is 1.46. The van der Waals surface area contributed by atoms with Gasteiger partial charge in [0.15, 0.2) is 75.9 Å². The number of rotatable bonds is 54. The van der Waals surface area contributed by atoms with Gasteiger partial charge in [-0.15, -0.1) is 0 Å². The molecule has 0 aliphatic rings. The van der Waals surface area contributed by atoms with Crippen LogP contribution >= 0.6 is 0 Å². The molecular formula is C118H116F6N8O18. The Labute approximate surface area is 865 Å². The molecule has 0 unspecified atom stereocenters. The maximum Gasteiger partial charge on any atom is 0.338 e. The average molecular weight is 2050 g/mol. The lowest BCUT2D eigenvalue weighted by Crippen LogP contribution is -2.55. The zero-order valence-corrected chi connectivity index (χ0v) is 84.1. The predicted octanol–water partition coefficient (Wildman–Crippen LogP) is 25.5. The zero-order valence-electron chi connectivity index (χ0n) is 84.1. The SMILES string of the molecule is CCCCOC(=O)c1ccc(OCC(COc2ccc(C(=O)OCCCC)cc2F)(COc2ccc(C(=O)OCCCC)cc2F)Cn2nc3c(-c4ccc(N(c5ccccc5)c5ccccc5)cc4)c4n[n+](CC(COc5ccc(C(=O)OCCCC)cc5F)(COc5ccc(C(=O)OCCCC)cc5F)COc5ccc(C(=O)OCCCC)cc5F)[n-]c4c(-c4ccc(N(c5ccccc5)c5ccccc5)cc4)c3n2)c(F)c1. The number of esters is 6. The molecule has 0 radical (unpaired) electrons. The highest BCUT2D eigenvalue weighted by Crippen LogP contribution is 2.46. The maximum absolute atomic E-state index is 17.1. The Bertz CT molecular complexity index is 6220. The summed E-state index contributed by atoms with van der Waals surface area (Å²) in [6.07, 6.45) is 7.42. The van der Waals surface area contributed by atoms with Crippen LogP contribution in [0.2, 0.25) is 0 Å². The van der Waals surface area contributed by atoms with Crippen LogP contribution in [0.4, 0.5) is 60.5 Å². The Morgan fingerprint density at radius 1 is 0.293 bits per heavy atom. The summed E-state index contributed by atoms with van der Waals surface area (Å²) < 4.78 is 175. The molecule has 26 nitrogen and oxygen atoms in total. The summed E-state index contributed by atoms with van der Waals surface area (Å²) in [6, 6.07) is 74.3. The zero-order chi connectivity index (χ0) is 105. The highest BCUT2D eigenvalue weighted by molar-refractivity contribution is 6.16. The highest BCUT2D eigenvalue weighted by Gasteiger charge is 2.43. The molecule has 0 saturated carbocycles. The third-order valence-corrected chi connectivity index (χ3v) is 24.7. The van der Waals surface area contributed by atoms with Crippen molar-refractivity contribution < 1.29 is 117 Å². The van der Waals surface area contributed by atoms with Crippen molar-refractivity contribution in [2.45, 2.75) is 132 Å². The van der Waals surface area contributed by atoms with E-state index in [1.165, 1.54) is 82.4 Å². The molecule has 150 heavy (non-hydrogen) atoms. The fourth-order valence-corrected chi connectivity index (χ4v) is 16.4. The van der Waals surface area contributed by atoms with Crippen molar-refractivity contribution >= 4 is 92.0 Å². The molecule has 0 aliphatic carbocycles. The van der Waals surface area contributed by atoms with Crippen LogP contribution in [-0.4, -0.2) is 135 Å². The Morgan fingerprint density at radius 3 is 0.773 bits per heavy atom. The van der Waals surface area contributed by atoms with Crippen LogP contribution in [0.1, 0.15) is 181 Å². The lowest BCUT2D eigenvalue weighted by molar-refractivity contribution is -0.814. The number of carbonyl (C=O) groups excluding carboxylic acids is 6. The van der Waals surface area contributed by atoms with Crippen LogP contribution in [0.25, 0.3) is 44.3 Å². The van der Waals surface area contributed by atoms with E-state index < -0.39 is 169 Å². The van der Waals surface area contributed by atoms with Crippen LogP contribution < -0.4 is 48.1 Å². The van der Waals surface area contributed by atoms with E-state index in [9.17, 15) is 28.8 Å². The second-order valence-electron chi connectivity index (χ2n) is 36.3. The van der Waals surface area contributed by atoms with Gasteiger partial charge in [0.2, 0.25) is 0 Å². The first-order valence-electron chi connectivity index (χ1n) is 50.2. The molecule has 15 aromatic rings. The van der Waals surface area contributed by atoms with E-state index in [4.69, 9.17) is 77.2 Å². The number of unbranched alkanes of at least 4 members (excludes halogenated alkanes) is 6. The Hall–Kier alpha value is -16.5. The van der Waals surface area contributed by atoms with Gasteiger partial charge in [-0.2, -0.15) is 30.0 Å². The fourth-order valence-electron chi connectivity index (χ4n) is 16.4. The largest absolute Gasteiger partial charge is 0.490 e. The van der Waals surface area contributed by atoms with Crippen molar-refractivity contribution in [2.75, 3.05) is 89.1 Å². The van der Waals surface area contributed by atoms with Crippen molar-refractivity contribution in [3.8, 4) is 56.8 Å². The number of carbonyl (C=O) groups is 6. The van der Waals surface area contributed by atoms with Crippen LogP contribution in [-0.2, 0) is 41.5 Å². The fraction of sp³-hybridized carbons (Fsp3) is 0.288. The molecule has 0 fully saturated rings. The molecule has 15 rings (SSSR count). The number of benzene rings is 13. The standard InChI is InChI=1S/C118H116F6N8O18/c1-7-13-59-139-111(133)81-43-53-99(93(119)65-81)145-73-117(74-146-100-54-44-82(66-94(100)120)112(134)140-60-14-8-2,75-147-101-55-45-83(67-95(101)121)113(135)141-61-15-9-3)71-129-125-107-105(79-39-49-91(50-40-79)131(87-31-23-19-24-32-87)88-33-25-20-26-34-88)109-110(106(108(107)126-129)80-41-51-92(52-42-80)132(89-35-27-21-28-36-89)90-37-29-22-30-38-90)128-130(127-109)72-118(76-148-102-56-46-84(68-96(102)122)114(136)142-62-16-10-4,77-149-103-57-47-85(69-97(103)123)115(137)143-63-17-11-5)78-150-104-58-48-86(70-98(104)124)116(138)144-64-18-12-6/h19-58,65-70H,7-18,59-64,71-78H2,1-6H3. The van der Waals surface area contributed by atoms with Gasteiger partial charge in [0.25, 0.3) is 0 Å². The quantitative estimate of drug-likeness (QED) is 0.0113. The first-order valence-corrected chi connectivity index (χ1v) is 50.2. The second-order valence-corrected chi connectivity index (χ2v) is 36.3. The van der Waals surface area contributed by atoms with Crippen LogP contribution in [0.15, 0.2) is 279 Å². The normalized spacial score (nSPS) is 11.4. The lowest BCUT2D eigenvalue weighted by Gasteiger charge is -2.33. The minimum atomic E-state index is -1.93. The molecule has 0 N–H and O–H groups in total. The van der Waals surface area contributed by atoms with Crippen molar-refractivity contribution in [1.82, 2.24) is 25.2 Å². The summed E-state index contributed by atoms with van der Waals surface area (Å²) in [4.78, 5) is 87.4. The van der Waals surface area contributed by atoms with E-state index in [0.29, 0.717) is 99.6 Å². The number of fused-ring (bicyclic) bond motifs is 2. The van der Waals surface area contributed by atoms with Crippen molar-refractivity contribution in [3.63, 3.8) is 0 Å². The van der Waals surface area contributed by atoms with Crippen molar-refractivity contribution in [1.29, 1.82) is 0 Å². The number of hydrogen-bond donors (Lipinski definition) is 0. The minimum absolute atomic E-state index is 0.0587. The Balaban J connectivity index is 0.977. The second kappa shape index (κ2) is 52.2. The molecule has 0 saturated heterocycles. The number of hydrogen-bond acceptors (Lipinski definition) is 23. The van der Waals surface area contributed by atoms with Crippen molar-refractivity contribution in [3.05, 3.63) is 347 Å². The van der Waals surface area contributed by atoms with Gasteiger partial charge >= 0.3 is 35.8 Å². The maximum atomic E-state index is 17.1. The predicted molar refractivity (Wildman–Crippen MR) is 554 cm³/mol. The molecule has 32 heteroatoms. The smallest absolute Gasteiger partial charge is 0.338 e. The number of anilines is 6. The third-order valence-electron chi connectivity index (χ3n) is 24.7. The van der Waals surface area contributed by atoms with E-state index in [2.05, 4.69) is 0 Å². The summed E-state index contributed by atoms with van der Waals surface area (Å²) in [5, 5.41) is 22.0. The van der Waals surface area contributed by atoms with E-state index >= 15 is 26.3 Å². The van der Waals surface area contributed by atoms with E-state index in [1.54, 1.807) is 0 Å². The van der Waals surface area contributed by atoms with Crippen LogP contribution in [0, 0.1) is 45.7 Å². The molecular weight excluding hydrogens is 1930 g/mol. The monoisotopic (exact) mass is 2050 g/mol. The number of aromatic nitrogens is 6. The summed E-state index contributed by atoms with van der Waals surface area (Å²) in [7, 11) is 0. The van der Waals surface area contributed by atoms with Gasteiger partial charge in [0.1, 0.15) is 56.1 Å². The highest BCUT2D eigenvalue weighted by atomic mass is 19.1. The number of ether oxygens (including phenoxy) is 12.